The molecule has 92 valence electrons. The van der Waals surface area contributed by atoms with E-state index in [0.717, 1.165) is 25.9 Å². The zero-order chi connectivity index (χ0) is 12.5. The zero-order valence-corrected chi connectivity index (χ0v) is 11.9. The fourth-order valence-corrected chi connectivity index (χ4v) is 3.57. The van der Waals surface area contributed by atoms with Crippen LogP contribution in [0.1, 0.15) is 16.5 Å². The van der Waals surface area contributed by atoms with Gasteiger partial charge in [-0.1, -0.05) is 18.2 Å². The van der Waals surface area contributed by atoms with Crippen molar-refractivity contribution in [2.24, 2.45) is 0 Å². The number of aliphatic hydroxyl groups is 1. The normalized spacial score (nSPS) is 13.0. The van der Waals surface area contributed by atoms with Crippen molar-refractivity contribution in [1.82, 2.24) is 0 Å². The summed E-state index contributed by atoms with van der Waals surface area (Å²) >= 11 is 5.13. The second kappa shape index (κ2) is 4.88. The van der Waals surface area contributed by atoms with E-state index in [9.17, 15) is 5.11 Å². The first kappa shape index (κ1) is 12.0. The van der Waals surface area contributed by atoms with Crippen LogP contribution in [0.25, 0.3) is 11.0 Å². The maximum atomic E-state index is 10.3. The average molecular weight is 323 g/mol. The van der Waals surface area contributed by atoms with Gasteiger partial charge in [-0.05, 0) is 33.4 Å². The molecule has 0 fully saturated rings. The van der Waals surface area contributed by atoms with Gasteiger partial charge in [-0.15, -0.1) is 11.3 Å². The molecule has 0 saturated carbocycles. The van der Waals surface area contributed by atoms with Gasteiger partial charge in [0.05, 0.1) is 12.4 Å². The van der Waals surface area contributed by atoms with E-state index in [1.165, 1.54) is 0 Å². The van der Waals surface area contributed by atoms with Gasteiger partial charge >= 0.3 is 0 Å². The summed E-state index contributed by atoms with van der Waals surface area (Å²) in [6.07, 6.45) is 1.71. The lowest BCUT2D eigenvalue weighted by molar-refractivity contribution is 0.179. The predicted molar refractivity (Wildman–Crippen MR) is 76.9 cm³/mol. The average Bonchev–Trinajstić information content (AvgIpc) is 2.96. The molecule has 3 aromatic rings. The third-order valence-corrected chi connectivity index (χ3v) is 4.89. The van der Waals surface area contributed by atoms with E-state index in [0.29, 0.717) is 6.42 Å². The standard InChI is InChI=1S/C14H11BrO2S/c15-11-5-6-18-14(11)7-12(16)10-8-17-13-4-2-1-3-9(10)13/h1-6,8,12,16H,7H2. The molecule has 0 spiro atoms. The minimum Gasteiger partial charge on any atom is -0.464 e. The van der Waals surface area contributed by atoms with Gasteiger partial charge in [0, 0.05) is 26.7 Å². The molecule has 18 heavy (non-hydrogen) atoms. The summed E-state index contributed by atoms with van der Waals surface area (Å²) in [5.74, 6) is 0. The fraction of sp³-hybridized carbons (Fsp3) is 0.143. The summed E-state index contributed by atoms with van der Waals surface area (Å²) in [6, 6.07) is 9.76. The van der Waals surface area contributed by atoms with E-state index < -0.39 is 6.10 Å². The lowest BCUT2D eigenvalue weighted by Crippen LogP contribution is -1.99. The van der Waals surface area contributed by atoms with Crippen molar-refractivity contribution in [1.29, 1.82) is 0 Å². The van der Waals surface area contributed by atoms with Gasteiger partial charge in [0.1, 0.15) is 5.58 Å². The number of furan rings is 1. The molecule has 4 heteroatoms. The van der Waals surface area contributed by atoms with Crippen LogP contribution in [0.4, 0.5) is 0 Å². The lowest BCUT2D eigenvalue weighted by atomic mass is 10.1. The van der Waals surface area contributed by atoms with Gasteiger partial charge in [0.25, 0.3) is 0 Å². The van der Waals surface area contributed by atoms with Crippen molar-refractivity contribution >= 4 is 38.2 Å². The molecule has 0 radical (unpaired) electrons. The highest BCUT2D eigenvalue weighted by molar-refractivity contribution is 9.10. The number of hydrogen-bond acceptors (Lipinski definition) is 3. The molecule has 0 amide bonds. The number of aliphatic hydroxyl groups excluding tert-OH is 1. The highest BCUT2D eigenvalue weighted by Gasteiger charge is 2.16. The van der Waals surface area contributed by atoms with E-state index in [-0.39, 0.29) is 0 Å². The van der Waals surface area contributed by atoms with Crippen molar-refractivity contribution in [2.75, 3.05) is 0 Å². The van der Waals surface area contributed by atoms with Crippen molar-refractivity contribution in [3.63, 3.8) is 0 Å². The van der Waals surface area contributed by atoms with Crippen LogP contribution >= 0.6 is 27.3 Å². The largest absolute Gasteiger partial charge is 0.464 e. The van der Waals surface area contributed by atoms with Crippen LogP contribution in [-0.2, 0) is 6.42 Å². The summed E-state index contributed by atoms with van der Waals surface area (Å²) in [7, 11) is 0. The second-order valence-corrected chi connectivity index (χ2v) is 5.95. The number of hydrogen-bond donors (Lipinski definition) is 1. The molecule has 0 aliphatic rings. The molecule has 2 nitrogen and oxygen atoms in total. The molecule has 0 aliphatic heterocycles. The molecule has 1 atom stereocenters. The number of benzene rings is 1. The Morgan fingerprint density at radius 3 is 2.89 bits per heavy atom. The van der Waals surface area contributed by atoms with Crippen molar-refractivity contribution in [3.05, 3.63) is 56.9 Å². The van der Waals surface area contributed by atoms with E-state index in [2.05, 4.69) is 15.9 Å². The van der Waals surface area contributed by atoms with Gasteiger partial charge in [-0.25, -0.2) is 0 Å². The van der Waals surface area contributed by atoms with Crippen molar-refractivity contribution in [3.8, 4) is 0 Å². The Kier molecular flexibility index (Phi) is 3.24. The molecule has 2 aromatic heterocycles. The number of fused-ring (bicyclic) bond motifs is 1. The highest BCUT2D eigenvalue weighted by atomic mass is 79.9. The first-order valence-electron chi connectivity index (χ1n) is 5.62. The van der Waals surface area contributed by atoms with Gasteiger partial charge in [0.15, 0.2) is 0 Å². The van der Waals surface area contributed by atoms with Crippen LogP contribution in [0.15, 0.2) is 50.9 Å². The van der Waals surface area contributed by atoms with E-state index in [4.69, 9.17) is 4.42 Å². The Morgan fingerprint density at radius 1 is 1.28 bits per heavy atom. The van der Waals surface area contributed by atoms with Crippen molar-refractivity contribution < 1.29 is 9.52 Å². The quantitative estimate of drug-likeness (QED) is 0.768. The van der Waals surface area contributed by atoms with Gasteiger partial charge in [-0.3, -0.25) is 0 Å². The number of halogens is 1. The summed E-state index contributed by atoms with van der Waals surface area (Å²) < 4.78 is 6.51. The molecular weight excluding hydrogens is 312 g/mol. The minimum atomic E-state index is -0.538. The van der Waals surface area contributed by atoms with Crippen molar-refractivity contribution in [2.45, 2.75) is 12.5 Å². The third-order valence-electron chi connectivity index (χ3n) is 2.94. The first-order valence-corrected chi connectivity index (χ1v) is 7.29. The topological polar surface area (TPSA) is 33.4 Å². The predicted octanol–water partition coefficient (Wildman–Crippen LogP) is 4.53. The van der Waals surface area contributed by atoms with Crippen LogP contribution in [0.5, 0.6) is 0 Å². The van der Waals surface area contributed by atoms with Gasteiger partial charge in [0.2, 0.25) is 0 Å². The molecule has 1 unspecified atom stereocenters. The Hall–Kier alpha value is -1.10. The Bertz CT molecular complexity index is 671. The summed E-state index contributed by atoms with van der Waals surface area (Å²) in [4.78, 5) is 1.15. The molecule has 0 aliphatic carbocycles. The molecule has 1 N–H and O–H groups in total. The minimum absolute atomic E-state index is 0.538. The monoisotopic (exact) mass is 322 g/mol. The molecular formula is C14H11BrO2S. The SMILES string of the molecule is OC(Cc1sccc1Br)c1coc2ccccc12. The summed E-state index contributed by atoms with van der Waals surface area (Å²) in [6.45, 7) is 0. The third kappa shape index (κ3) is 2.11. The molecule has 0 saturated heterocycles. The van der Waals surface area contributed by atoms with Crippen LogP contribution in [0.3, 0.4) is 0 Å². The first-order chi connectivity index (χ1) is 8.75. The van der Waals surface area contributed by atoms with Crippen LogP contribution in [0, 0.1) is 0 Å². The number of para-hydroxylation sites is 1. The maximum Gasteiger partial charge on any atom is 0.134 e. The highest BCUT2D eigenvalue weighted by Crippen LogP contribution is 2.32. The van der Waals surface area contributed by atoms with Crippen LogP contribution < -0.4 is 0 Å². The zero-order valence-electron chi connectivity index (χ0n) is 9.47. The summed E-state index contributed by atoms with van der Waals surface area (Å²) in [5.41, 5.74) is 1.67. The molecule has 0 bridgehead atoms. The van der Waals surface area contributed by atoms with Crippen LogP contribution in [0.2, 0.25) is 0 Å². The smallest absolute Gasteiger partial charge is 0.134 e. The Balaban J connectivity index is 1.93. The number of thiophene rings is 1. The Labute approximate surface area is 117 Å². The van der Waals surface area contributed by atoms with Gasteiger partial charge in [-0.2, -0.15) is 0 Å². The maximum absolute atomic E-state index is 10.3. The molecule has 3 rings (SSSR count). The molecule has 2 heterocycles. The Morgan fingerprint density at radius 2 is 2.11 bits per heavy atom. The number of rotatable bonds is 3. The van der Waals surface area contributed by atoms with E-state index in [1.54, 1.807) is 17.6 Å². The van der Waals surface area contributed by atoms with Crippen LogP contribution in [-0.4, -0.2) is 5.11 Å². The van der Waals surface area contributed by atoms with E-state index >= 15 is 0 Å². The van der Waals surface area contributed by atoms with Gasteiger partial charge < -0.3 is 9.52 Å². The summed E-state index contributed by atoms with van der Waals surface area (Å²) in [5, 5.41) is 13.3. The van der Waals surface area contributed by atoms with E-state index in [1.807, 2.05) is 35.7 Å². The fourth-order valence-electron chi connectivity index (χ4n) is 2.01. The second-order valence-electron chi connectivity index (χ2n) is 4.10. The lowest BCUT2D eigenvalue weighted by Gasteiger charge is -2.08. The molecule has 1 aromatic carbocycles.